The zero-order valence-corrected chi connectivity index (χ0v) is 15.9. The first-order valence-electron chi connectivity index (χ1n) is 8.91. The molecule has 2 aliphatic heterocycles. The van der Waals surface area contributed by atoms with Gasteiger partial charge in [-0.25, -0.2) is 0 Å². The van der Waals surface area contributed by atoms with Crippen LogP contribution in [-0.2, 0) is 19.1 Å². The van der Waals surface area contributed by atoms with E-state index in [-0.39, 0.29) is 36.9 Å². The monoisotopic (exact) mass is 399 g/mol. The number of hydrogen-bond acceptors (Lipinski definition) is 6. The molecule has 1 aromatic rings. The zero-order valence-electron chi connectivity index (χ0n) is 15.1. The molecule has 2 fully saturated rings. The number of rotatable bonds is 6. The number of anilines is 1. The SMILES string of the molecule is Cl.NC[C@H]1CC[C@@H](C(=O)Nc2ccccc2OCC(=O)N2CCOCC2)O1. The number of carbonyl (C=O) groups excluding carboxylic acids is 2. The highest BCUT2D eigenvalue weighted by atomic mass is 35.5. The van der Waals surface area contributed by atoms with E-state index >= 15 is 0 Å². The Bertz CT molecular complexity index is 639. The second-order valence-electron chi connectivity index (χ2n) is 6.33. The van der Waals surface area contributed by atoms with Crippen LogP contribution in [-0.4, -0.2) is 68.4 Å². The minimum atomic E-state index is -0.508. The van der Waals surface area contributed by atoms with Crippen LogP contribution in [0.2, 0.25) is 0 Å². The number of carbonyl (C=O) groups is 2. The van der Waals surface area contributed by atoms with Gasteiger partial charge in [-0.2, -0.15) is 0 Å². The average molecular weight is 400 g/mol. The van der Waals surface area contributed by atoms with Crippen LogP contribution in [0.15, 0.2) is 24.3 Å². The molecule has 0 bridgehead atoms. The number of benzene rings is 1. The van der Waals surface area contributed by atoms with Gasteiger partial charge in [0.15, 0.2) is 6.61 Å². The lowest BCUT2D eigenvalue weighted by molar-refractivity contribution is -0.137. The summed E-state index contributed by atoms with van der Waals surface area (Å²) in [5.74, 6) is 0.131. The van der Waals surface area contributed by atoms with Gasteiger partial charge in [-0.05, 0) is 25.0 Å². The van der Waals surface area contributed by atoms with Crippen LogP contribution in [0.25, 0.3) is 0 Å². The van der Waals surface area contributed by atoms with Gasteiger partial charge in [-0.15, -0.1) is 12.4 Å². The molecule has 3 N–H and O–H groups in total. The molecule has 9 heteroatoms. The van der Waals surface area contributed by atoms with Gasteiger partial charge >= 0.3 is 0 Å². The molecule has 2 aliphatic rings. The van der Waals surface area contributed by atoms with Gasteiger partial charge in [0, 0.05) is 19.6 Å². The van der Waals surface area contributed by atoms with Crippen molar-refractivity contribution in [3.05, 3.63) is 24.3 Å². The minimum absolute atomic E-state index is 0. The highest BCUT2D eigenvalue weighted by Crippen LogP contribution is 2.26. The number of ether oxygens (including phenoxy) is 3. The van der Waals surface area contributed by atoms with Crippen molar-refractivity contribution in [2.45, 2.75) is 25.0 Å². The Morgan fingerprint density at radius 1 is 1.22 bits per heavy atom. The van der Waals surface area contributed by atoms with Crippen LogP contribution < -0.4 is 15.8 Å². The van der Waals surface area contributed by atoms with E-state index in [2.05, 4.69) is 5.32 Å². The Hall–Kier alpha value is -1.87. The normalized spacial score (nSPS) is 22.0. The Balaban J connectivity index is 0.00000261. The van der Waals surface area contributed by atoms with Crippen molar-refractivity contribution in [2.75, 3.05) is 44.8 Å². The molecular formula is C18H26ClN3O5. The Morgan fingerprint density at radius 2 is 1.96 bits per heavy atom. The molecule has 2 atom stereocenters. The predicted molar refractivity (Wildman–Crippen MR) is 102 cm³/mol. The van der Waals surface area contributed by atoms with E-state index in [1.54, 1.807) is 29.2 Å². The van der Waals surface area contributed by atoms with Crippen molar-refractivity contribution in [1.29, 1.82) is 0 Å². The van der Waals surface area contributed by atoms with Gasteiger partial charge in [-0.1, -0.05) is 12.1 Å². The molecule has 2 heterocycles. The molecule has 8 nitrogen and oxygen atoms in total. The summed E-state index contributed by atoms with van der Waals surface area (Å²) in [5, 5.41) is 2.83. The van der Waals surface area contributed by atoms with Crippen LogP contribution in [0, 0.1) is 0 Å². The Morgan fingerprint density at radius 3 is 2.67 bits per heavy atom. The third-order valence-corrected chi connectivity index (χ3v) is 4.52. The summed E-state index contributed by atoms with van der Waals surface area (Å²) in [6, 6.07) is 7.05. The van der Waals surface area contributed by atoms with E-state index in [0.29, 0.717) is 50.7 Å². The maximum Gasteiger partial charge on any atom is 0.260 e. The standard InChI is InChI=1S/C18H25N3O5.ClH/c19-11-13-5-6-16(26-13)18(23)20-14-3-1-2-4-15(14)25-12-17(22)21-7-9-24-10-8-21;/h1-4,13,16H,5-12,19H2,(H,20,23);1H/t13-,16+;/m1./s1. The van der Waals surface area contributed by atoms with Crippen LogP contribution in [0.3, 0.4) is 0 Å². The first-order valence-corrected chi connectivity index (χ1v) is 8.91. The van der Waals surface area contributed by atoms with Gasteiger partial charge in [0.1, 0.15) is 11.9 Å². The Kier molecular flexibility index (Phi) is 8.30. The van der Waals surface area contributed by atoms with Gasteiger partial charge in [0.2, 0.25) is 0 Å². The number of nitrogens with zero attached hydrogens (tertiary/aromatic N) is 1. The second-order valence-corrected chi connectivity index (χ2v) is 6.33. The number of morpholine rings is 1. The summed E-state index contributed by atoms with van der Waals surface area (Å²) in [7, 11) is 0. The van der Waals surface area contributed by atoms with Crippen molar-refractivity contribution >= 4 is 29.9 Å². The third-order valence-electron chi connectivity index (χ3n) is 4.52. The van der Waals surface area contributed by atoms with Gasteiger partial charge in [0.05, 0.1) is 25.0 Å². The first kappa shape index (κ1) is 21.4. The van der Waals surface area contributed by atoms with Crippen molar-refractivity contribution < 1.29 is 23.8 Å². The molecule has 0 radical (unpaired) electrons. The third kappa shape index (κ3) is 5.80. The zero-order chi connectivity index (χ0) is 18.4. The molecular weight excluding hydrogens is 374 g/mol. The maximum absolute atomic E-state index is 12.4. The lowest BCUT2D eigenvalue weighted by Gasteiger charge is -2.26. The summed E-state index contributed by atoms with van der Waals surface area (Å²) >= 11 is 0. The van der Waals surface area contributed by atoms with E-state index in [0.717, 1.165) is 6.42 Å². The second kappa shape index (κ2) is 10.5. The van der Waals surface area contributed by atoms with Gasteiger partial charge < -0.3 is 30.2 Å². The quantitative estimate of drug-likeness (QED) is 0.733. The van der Waals surface area contributed by atoms with Crippen molar-refractivity contribution in [1.82, 2.24) is 4.90 Å². The van der Waals surface area contributed by atoms with E-state index in [9.17, 15) is 9.59 Å². The summed E-state index contributed by atoms with van der Waals surface area (Å²) in [5.41, 5.74) is 6.10. The summed E-state index contributed by atoms with van der Waals surface area (Å²) < 4.78 is 16.5. The fourth-order valence-corrected chi connectivity index (χ4v) is 3.02. The molecule has 0 aliphatic carbocycles. The molecule has 0 unspecified atom stereocenters. The van der Waals surface area contributed by atoms with Gasteiger partial charge in [0.25, 0.3) is 11.8 Å². The molecule has 0 aromatic heterocycles. The summed E-state index contributed by atoms with van der Waals surface area (Å²) in [6.45, 7) is 2.56. The minimum Gasteiger partial charge on any atom is -0.482 e. The van der Waals surface area contributed by atoms with Crippen LogP contribution in [0.1, 0.15) is 12.8 Å². The number of para-hydroxylation sites is 2. The number of halogens is 1. The molecule has 2 amide bonds. The van der Waals surface area contributed by atoms with Crippen molar-refractivity contribution in [3.63, 3.8) is 0 Å². The fourth-order valence-electron chi connectivity index (χ4n) is 3.02. The van der Waals surface area contributed by atoms with E-state index in [1.165, 1.54) is 0 Å². The topological polar surface area (TPSA) is 103 Å². The lowest BCUT2D eigenvalue weighted by atomic mass is 10.2. The first-order chi connectivity index (χ1) is 12.7. The smallest absolute Gasteiger partial charge is 0.260 e. The molecule has 2 saturated heterocycles. The predicted octanol–water partition coefficient (Wildman–Crippen LogP) is 0.791. The molecule has 0 spiro atoms. The van der Waals surface area contributed by atoms with Crippen LogP contribution in [0.5, 0.6) is 5.75 Å². The van der Waals surface area contributed by atoms with Gasteiger partial charge in [-0.3, -0.25) is 9.59 Å². The number of nitrogens with one attached hydrogen (secondary N) is 1. The van der Waals surface area contributed by atoms with Crippen LogP contribution in [0.4, 0.5) is 5.69 Å². The summed E-state index contributed by atoms with van der Waals surface area (Å²) in [6.07, 6.45) is 0.850. The number of hydrogen-bond donors (Lipinski definition) is 2. The van der Waals surface area contributed by atoms with E-state index in [4.69, 9.17) is 19.9 Å². The highest BCUT2D eigenvalue weighted by molar-refractivity contribution is 5.95. The lowest BCUT2D eigenvalue weighted by Crippen LogP contribution is -2.43. The van der Waals surface area contributed by atoms with Crippen molar-refractivity contribution in [2.24, 2.45) is 5.73 Å². The maximum atomic E-state index is 12.4. The van der Waals surface area contributed by atoms with Crippen LogP contribution >= 0.6 is 12.4 Å². The molecule has 27 heavy (non-hydrogen) atoms. The molecule has 0 saturated carbocycles. The summed E-state index contributed by atoms with van der Waals surface area (Å²) in [4.78, 5) is 26.3. The highest BCUT2D eigenvalue weighted by Gasteiger charge is 2.30. The van der Waals surface area contributed by atoms with E-state index in [1.807, 2.05) is 0 Å². The molecule has 1 aromatic carbocycles. The molecule has 150 valence electrons. The van der Waals surface area contributed by atoms with E-state index < -0.39 is 6.10 Å². The molecule has 3 rings (SSSR count). The average Bonchev–Trinajstić information content (AvgIpc) is 3.17. The van der Waals surface area contributed by atoms with Crippen molar-refractivity contribution in [3.8, 4) is 5.75 Å². The number of amides is 2. The Labute approximate surface area is 164 Å². The number of nitrogens with two attached hydrogens (primary N) is 1. The largest absolute Gasteiger partial charge is 0.482 e. The fraction of sp³-hybridized carbons (Fsp3) is 0.556.